The summed E-state index contributed by atoms with van der Waals surface area (Å²) in [5.41, 5.74) is 2.25. The third-order valence-electron chi connectivity index (χ3n) is 4.20. The lowest BCUT2D eigenvalue weighted by Crippen LogP contribution is -2.24. The van der Waals surface area contributed by atoms with Gasteiger partial charge in [0.05, 0.1) is 22.5 Å². The van der Waals surface area contributed by atoms with Crippen molar-refractivity contribution < 1.29 is 4.74 Å². The summed E-state index contributed by atoms with van der Waals surface area (Å²) in [6.07, 6.45) is 0.746. The quantitative estimate of drug-likeness (QED) is 0.336. The van der Waals surface area contributed by atoms with E-state index in [1.807, 2.05) is 49.4 Å². The fourth-order valence-electron chi connectivity index (χ4n) is 2.82. The molecule has 1 heterocycles. The van der Waals surface area contributed by atoms with Gasteiger partial charge < -0.3 is 4.74 Å². The Labute approximate surface area is 162 Å². The summed E-state index contributed by atoms with van der Waals surface area (Å²) >= 11 is 1.48. The molecule has 0 amide bonds. The number of para-hydroxylation sites is 1. The van der Waals surface area contributed by atoms with Crippen molar-refractivity contribution in [3.05, 3.63) is 70.0 Å². The van der Waals surface area contributed by atoms with Crippen LogP contribution in [0.15, 0.2) is 58.5 Å². The van der Waals surface area contributed by atoms with E-state index in [4.69, 9.17) is 9.72 Å². The topological polar surface area (TPSA) is 67.9 Å². The van der Waals surface area contributed by atoms with Crippen LogP contribution in [-0.4, -0.2) is 22.8 Å². The Hall–Kier alpha value is -2.62. The van der Waals surface area contributed by atoms with Crippen molar-refractivity contribution in [3.63, 3.8) is 0 Å². The van der Waals surface area contributed by atoms with Gasteiger partial charge in [0.2, 0.25) is 0 Å². The second kappa shape index (κ2) is 9.36. The van der Waals surface area contributed by atoms with Crippen LogP contribution < -0.4 is 5.56 Å². The number of nitrogens with zero attached hydrogens (tertiary/aromatic N) is 3. The maximum atomic E-state index is 13.0. The number of thioether (sulfide) groups is 1. The van der Waals surface area contributed by atoms with Crippen molar-refractivity contribution in [1.29, 1.82) is 5.26 Å². The molecule has 138 valence electrons. The van der Waals surface area contributed by atoms with Gasteiger partial charge in [-0.15, -0.1) is 0 Å². The number of ether oxygens (including phenoxy) is 1. The van der Waals surface area contributed by atoms with Crippen molar-refractivity contribution in [3.8, 4) is 6.07 Å². The molecule has 6 heteroatoms. The molecule has 0 saturated carbocycles. The van der Waals surface area contributed by atoms with Gasteiger partial charge in [0.25, 0.3) is 5.56 Å². The molecule has 0 saturated heterocycles. The average Bonchev–Trinajstić information content (AvgIpc) is 2.71. The first-order valence-corrected chi connectivity index (χ1v) is 9.91. The van der Waals surface area contributed by atoms with E-state index in [1.165, 1.54) is 11.8 Å². The molecule has 0 unspecified atom stereocenters. The zero-order valence-corrected chi connectivity index (χ0v) is 16.0. The van der Waals surface area contributed by atoms with E-state index in [9.17, 15) is 10.1 Å². The van der Waals surface area contributed by atoms with E-state index in [0.29, 0.717) is 47.1 Å². The van der Waals surface area contributed by atoms with E-state index in [-0.39, 0.29) is 5.56 Å². The van der Waals surface area contributed by atoms with Crippen LogP contribution in [0.4, 0.5) is 0 Å². The summed E-state index contributed by atoms with van der Waals surface area (Å²) in [6.45, 7) is 3.78. The van der Waals surface area contributed by atoms with Gasteiger partial charge in [0.1, 0.15) is 0 Å². The van der Waals surface area contributed by atoms with Crippen LogP contribution >= 0.6 is 11.8 Å². The van der Waals surface area contributed by atoms with Crippen LogP contribution in [0, 0.1) is 11.3 Å². The molecule has 0 bridgehead atoms. The highest BCUT2D eigenvalue weighted by molar-refractivity contribution is 7.98. The van der Waals surface area contributed by atoms with Crippen molar-refractivity contribution in [2.75, 3.05) is 13.2 Å². The second-order valence-electron chi connectivity index (χ2n) is 5.98. The Morgan fingerprint density at radius 3 is 2.78 bits per heavy atom. The van der Waals surface area contributed by atoms with E-state index in [0.717, 1.165) is 12.0 Å². The molecule has 0 atom stereocenters. The number of rotatable bonds is 8. The molecular formula is C21H21N3O2S. The molecule has 0 aliphatic carbocycles. The predicted octanol–water partition coefficient (Wildman–Crippen LogP) is 3.99. The Balaban J connectivity index is 1.92. The van der Waals surface area contributed by atoms with Crippen LogP contribution in [-0.2, 0) is 17.0 Å². The lowest BCUT2D eigenvalue weighted by Gasteiger charge is -2.13. The molecule has 1 aromatic heterocycles. The normalized spacial score (nSPS) is 10.8. The summed E-state index contributed by atoms with van der Waals surface area (Å²) in [5.74, 6) is 0.583. The molecule has 0 aliphatic heterocycles. The van der Waals surface area contributed by atoms with Crippen molar-refractivity contribution in [2.24, 2.45) is 0 Å². The fourth-order valence-corrected chi connectivity index (χ4v) is 3.85. The molecule has 2 aromatic carbocycles. The Bertz CT molecular complexity index is 1020. The fraction of sp³-hybridized carbons (Fsp3) is 0.286. The Morgan fingerprint density at radius 2 is 1.96 bits per heavy atom. The average molecular weight is 379 g/mol. The van der Waals surface area contributed by atoms with Crippen molar-refractivity contribution in [2.45, 2.75) is 30.8 Å². The van der Waals surface area contributed by atoms with Crippen LogP contribution in [0.25, 0.3) is 10.9 Å². The van der Waals surface area contributed by atoms with Gasteiger partial charge in [-0.25, -0.2) is 4.98 Å². The molecule has 27 heavy (non-hydrogen) atoms. The predicted molar refractivity (Wildman–Crippen MR) is 108 cm³/mol. The smallest absolute Gasteiger partial charge is 0.262 e. The number of nitriles is 1. The molecule has 0 N–H and O–H groups in total. The number of aromatic nitrogens is 2. The van der Waals surface area contributed by atoms with Gasteiger partial charge in [-0.3, -0.25) is 9.36 Å². The van der Waals surface area contributed by atoms with Crippen molar-refractivity contribution >= 4 is 22.7 Å². The number of hydrogen-bond donors (Lipinski definition) is 0. The summed E-state index contributed by atoms with van der Waals surface area (Å²) < 4.78 is 7.13. The van der Waals surface area contributed by atoms with Crippen LogP contribution in [0.3, 0.4) is 0 Å². The third-order valence-corrected chi connectivity index (χ3v) is 5.22. The van der Waals surface area contributed by atoms with Crippen LogP contribution in [0.2, 0.25) is 0 Å². The minimum Gasteiger partial charge on any atom is -0.382 e. The van der Waals surface area contributed by atoms with Gasteiger partial charge in [-0.2, -0.15) is 5.26 Å². The first-order chi connectivity index (χ1) is 13.2. The first kappa shape index (κ1) is 19.2. The zero-order valence-electron chi connectivity index (χ0n) is 15.2. The lowest BCUT2D eigenvalue weighted by atomic mass is 10.1. The number of fused-ring (bicyclic) bond motifs is 1. The second-order valence-corrected chi connectivity index (χ2v) is 6.92. The monoisotopic (exact) mass is 379 g/mol. The molecule has 3 aromatic rings. The molecule has 3 rings (SSSR count). The maximum Gasteiger partial charge on any atom is 0.262 e. The summed E-state index contributed by atoms with van der Waals surface area (Å²) in [4.78, 5) is 17.7. The highest BCUT2D eigenvalue weighted by atomic mass is 32.2. The number of hydrogen-bond acceptors (Lipinski definition) is 5. The highest BCUT2D eigenvalue weighted by Crippen LogP contribution is 2.24. The summed E-state index contributed by atoms with van der Waals surface area (Å²) in [5, 5.41) is 10.6. The van der Waals surface area contributed by atoms with Crippen molar-refractivity contribution in [1.82, 2.24) is 9.55 Å². The molecule has 0 radical (unpaired) electrons. The minimum atomic E-state index is -0.0341. The van der Waals surface area contributed by atoms with Gasteiger partial charge in [0.15, 0.2) is 5.16 Å². The van der Waals surface area contributed by atoms with Crippen LogP contribution in [0.5, 0.6) is 0 Å². The van der Waals surface area contributed by atoms with E-state index in [2.05, 4.69) is 6.07 Å². The molecule has 0 aliphatic rings. The lowest BCUT2D eigenvalue weighted by molar-refractivity contribution is 0.140. The molecule has 0 spiro atoms. The maximum absolute atomic E-state index is 13.0. The van der Waals surface area contributed by atoms with Gasteiger partial charge in [-0.1, -0.05) is 42.1 Å². The van der Waals surface area contributed by atoms with E-state index < -0.39 is 0 Å². The summed E-state index contributed by atoms with van der Waals surface area (Å²) in [7, 11) is 0. The molecule has 0 fully saturated rings. The minimum absolute atomic E-state index is 0.0341. The molecular weight excluding hydrogens is 358 g/mol. The SMILES string of the molecule is CCOCCCn1c(SCc2ccccc2C#N)nc2ccccc2c1=O. The summed E-state index contributed by atoms with van der Waals surface area (Å²) in [6, 6.07) is 17.1. The molecule has 5 nitrogen and oxygen atoms in total. The Morgan fingerprint density at radius 1 is 1.19 bits per heavy atom. The first-order valence-electron chi connectivity index (χ1n) is 8.92. The van der Waals surface area contributed by atoms with E-state index >= 15 is 0 Å². The zero-order chi connectivity index (χ0) is 19.1. The largest absolute Gasteiger partial charge is 0.382 e. The highest BCUT2D eigenvalue weighted by Gasteiger charge is 2.12. The van der Waals surface area contributed by atoms with Gasteiger partial charge in [-0.05, 0) is 37.1 Å². The van der Waals surface area contributed by atoms with Gasteiger partial charge in [0, 0.05) is 25.5 Å². The van der Waals surface area contributed by atoms with Crippen LogP contribution in [0.1, 0.15) is 24.5 Å². The van der Waals surface area contributed by atoms with E-state index in [1.54, 1.807) is 10.6 Å². The number of benzene rings is 2. The standard InChI is InChI=1S/C21H21N3O2S/c1-2-26-13-7-12-24-20(25)18-10-5-6-11-19(18)23-21(24)27-15-17-9-4-3-8-16(17)14-22/h3-6,8-11H,2,7,12-13,15H2,1H3. The van der Waals surface area contributed by atoms with Gasteiger partial charge >= 0.3 is 0 Å². The third kappa shape index (κ3) is 4.57. The Kier molecular flexibility index (Phi) is 6.64.